The molecule has 0 unspecified atom stereocenters. The lowest BCUT2D eigenvalue weighted by atomic mass is 10.1. The first-order chi connectivity index (χ1) is 13.8. The average molecular weight is 382 g/mol. The SMILES string of the molecule is O=C(NC(C1CC1)C1CC1)c1coc(CN2CCN(c3ncccn3)CC2)n1. The summed E-state index contributed by atoms with van der Waals surface area (Å²) in [6.45, 7) is 4.11. The summed E-state index contributed by atoms with van der Waals surface area (Å²) in [6.07, 6.45) is 10.00. The monoisotopic (exact) mass is 382 g/mol. The molecule has 3 fully saturated rings. The van der Waals surface area contributed by atoms with Gasteiger partial charge in [-0.15, -0.1) is 0 Å². The Morgan fingerprint density at radius 1 is 1.11 bits per heavy atom. The van der Waals surface area contributed by atoms with Gasteiger partial charge in [0.1, 0.15) is 6.26 Å². The summed E-state index contributed by atoms with van der Waals surface area (Å²) in [5, 5.41) is 3.20. The Morgan fingerprint density at radius 2 is 1.79 bits per heavy atom. The molecule has 148 valence electrons. The smallest absolute Gasteiger partial charge is 0.273 e. The maximum Gasteiger partial charge on any atom is 0.273 e. The predicted octanol–water partition coefficient (Wildman–Crippen LogP) is 1.71. The van der Waals surface area contributed by atoms with E-state index in [1.807, 2.05) is 6.07 Å². The molecular weight excluding hydrogens is 356 g/mol. The van der Waals surface area contributed by atoms with Crippen LogP contribution < -0.4 is 10.2 Å². The Balaban J connectivity index is 1.13. The molecule has 8 nitrogen and oxygen atoms in total. The molecule has 1 saturated heterocycles. The number of amides is 1. The fourth-order valence-corrected chi connectivity index (χ4v) is 4.00. The molecule has 1 aliphatic heterocycles. The Hall–Kier alpha value is -2.48. The summed E-state index contributed by atoms with van der Waals surface area (Å²) in [5.41, 5.74) is 0.401. The number of hydrogen-bond donors (Lipinski definition) is 1. The van der Waals surface area contributed by atoms with Crippen LogP contribution in [-0.4, -0.2) is 58.0 Å². The van der Waals surface area contributed by atoms with Crippen LogP contribution in [0.1, 0.15) is 42.1 Å². The standard InChI is InChI=1S/C20H26N6O2/c27-19(24-18(14-2-3-14)15-4-5-15)16-13-28-17(23-16)12-25-8-10-26(11-9-25)20-21-6-1-7-22-20/h1,6-7,13-15,18H,2-5,8-12H2,(H,24,27). The van der Waals surface area contributed by atoms with Crippen LogP contribution in [0.25, 0.3) is 0 Å². The Labute approximate surface area is 164 Å². The molecule has 1 amide bonds. The zero-order valence-corrected chi connectivity index (χ0v) is 16.0. The van der Waals surface area contributed by atoms with E-state index >= 15 is 0 Å². The number of carbonyl (C=O) groups is 1. The molecule has 5 rings (SSSR count). The fraction of sp³-hybridized carbons (Fsp3) is 0.600. The minimum Gasteiger partial charge on any atom is -0.447 e. The summed E-state index contributed by atoms with van der Waals surface area (Å²) >= 11 is 0. The van der Waals surface area contributed by atoms with Crippen LogP contribution in [0.2, 0.25) is 0 Å². The topological polar surface area (TPSA) is 87.4 Å². The number of hydrogen-bond acceptors (Lipinski definition) is 7. The van der Waals surface area contributed by atoms with Gasteiger partial charge in [-0.1, -0.05) is 0 Å². The molecule has 3 aliphatic rings. The second kappa shape index (κ2) is 7.50. The average Bonchev–Trinajstić information content (AvgIpc) is 3.66. The maximum absolute atomic E-state index is 12.6. The quantitative estimate of drug-likeness (QED) is 0.780. The number of nitrogens with zero attached hydrogens (tertiary/aromatic N) is 5. The van der Waals surface area contributed by atoms with Gasteiger partial charge in [0, 0.05) is 44.6 Å². The highest BCUT2D eigenvalue weighted by atomic mass is 16.3. The van der Waals surface area contributed by atoms with E-state index in [4.69, 9.17) is 4.42 Å². The fourth-order valence-electron chi connectivity index (χ4n) is 4.00. The minimum atomic E-state index is -0.0927. The highest BCUT2D eigenvalue weighted by molar-refractivity contribution is 5.92. The van der Waals surface area contributed by atoms with Crippen LogP contribution in [0.15, 0.2) is 29.1 Å². The summed E-state index contributed by atoms with van der Waals surface area (Å²) < 4.78 is 5.58. The number of anilines is 1. The lowest BCUT2D eigenvalue weighted by molar-refractivity contribution is 0.0921. The molecule has 8 heteroatoms. The van der Waals surface area contributed by atoms with Crippen molar-refractivity contribution in [2.24, 2.45) is 11.8 Å². The van der Waals surface area contributed by atoms with E-state index in [9.17, 15) is 4.79 Å². The zero-order chi connectivity index (χ0) is 18.9. The van der Waals surface area contributed by atoms with Crippen LogP contribution >= 0.6 is 0 Å². The Bertz CT molecular complexity index is 797. The molecule has 2 aliphatic carbocycles. The van der Waals surface area contributed by atoms with Gasteiger partial charge in [0.15, 0.2) is 5.69 Å². The van der Waals surface area contributed by atoms with Gasteiger partial charge in [-0.05, 0) is 43.6 Å². The zero-order valence-electron chi connectivity index (χ0n) is 16.0. The van der Waals surface area contributed by atoms with Crippen molar-refractivity contribution in [1.29, 1.82) is 0 Å². The molecule has 1 N–H and O–H groups in total. The molecule has 0 aromatic carbocycles. The van der Waals surface area contributed by atoms with Gasteiger partial charge in [-0.2, -0.15) is 0 Å². The van der Waals surface area contributed by atoms with E-state index in [0.29, 0.717) is 36.0 Å². The van der Waals surface area contributed by atoms with Crippen molar-refractivity contribution in [3.05, 3.63) is 36.3 Å². The summed E-state index contributed by atoms with van der Waals surface area (Å²) in [7, 11) is 0. The lowest BCUT2D eigenvalue weighted by Gasteiger charge is -2.33. The number of nitrogens with one attached hydrogen (secondary N) is 1. The molecule has 28 heavy (non-hydrogen) atoms. The molecule has 0 radical (unpaired) electrons. The van der Waals surface area contributed by atoms with Gasteiger partial charge in [0.25, 0.3) is 5.91 Å². The molecule has 0 spiro atoms. The normalized spacial score (nSPS) is 20.5. The van der Waals surface area contributed by atoms with Crippen LogP contribution in [0, 0.1) is 11.8 Å². The van der Waals surface area contributed by atoms with Crippen molar-refractivity contribution in [3.8, 4) is 0 Å². The highest BCUT2D eigenvalue weighted by Gasteiger charge is 2.42. The third-order valence-corrected chi connectivity index (χ3v) is 5.91. The van der Waals surface area contributed by atoms with E-state index < -0.39 is 0 Å². The van der Waals surface area contributed by atoms with Gasteiger partial charge >= 0.3 is 0 Å². The molecule has 2 aromatic heterocycles. The van der Waals surface area contributed by atoms with Gasteiger partial charge in [-0.3, -0.25) is 9.69 Å². The van der Waals surface area contributed by atoms with Crippen LogP contribution in [0.5, 0.6) is 0 Å². The number of piperazine rings is 1. The van der Waals surface area contributed by atoms with Gasteiger partial charge in [-0.25, -0.2) is 15.0 Å². The van der Waals surface area contributed by atoms with Crippen molar-refractivity contribution >= 4 is 11.9 Å². The van der Waals surface area contributed by atoms with Crippen LogP contribution in [-0.2, 0) is 6.54 Å². The Morgan fingerprint density at radius 3 is 2.43 bits per heavy atom. The van der Waals surface area contributed by atoms with Crippen molar-refractivity contribution in [2.75, 3.05) is 31.1 Å². The largest absolute Gasteiger partial charge is 0.447 e. The summed E-state index contributed by atoms with van der Waals surface area (Å²) in [4.78, 5) is 30.1. The predicted molar refractivity (Wildman–Crippen MR) is 103 cm³/mol. The van der Waals surface area contributed by atoms with Gasteiger partial charge in [0.2, 0.25) is 11.8 Å². The third-order valence-electron chi connectivity index (χ3n) is 5.91. The second-order valence-electron chi connectivity index (χ2n) is 8.11. The van der Waals surface area contributed by atoms with E-state index in [1.165, 1.54) is 31.9 Å². The lowest BCUT2D eigenvalue weighted by Crippen LogP contribution is -2.46. The van der Waals surface area contributed by atoms with E-state index in [-0.39, 0.29) is 5.91 Å². The molecule has 0 atom stereocenters. The van der Waals surface area contributed by atoms with Gasteiger partial charge in [0.05, 0.1) is 6.54 Å². The van der Waals surface area contributed by atoms with Crippen LogP contribution in [0.3, 0.4) is 0 Å². The Kier molecular flexibility index (Phi) is 4.72. The van der Waals surface area contributed by atoms with Crippen molar-refractivity contribution in [1.82, 2.24) is 25.2 Å². The highest BCUT2D eigenvalue weighted by Crippen LogP contribution is 2.44. The number of oxazole rings is 1. The molecule has 0 bridgehead atoms. The second-order valence-corrected chi connectivity index (χ2v) is 8.11. The first kappa shape index (κ1) is 17.6. The number of carbonyl (C=O) groups excluding carboxylic acids is 1. The first-order valence-corrected chi connectivity index (χ1v) is 10.3. The van der Waals surface area contributed by atoms with E-state index in [0.717, 1.165) is 32.1 Å². The van der Waals surface area contributed by atoms with Crippen molar-refractivity contribution < 1.29 is 9.21 Å². The van der Waals surface area contributed by atoms with E-state index in [2.05, 4.69) is 30.1 Å². The molecule has 2 aromatic rings. The molecule has 3 heterocycles. The first-order valence-electron chi connectivity index (χ1n) is 10.3. The van der Waals surface area contributed by atoms with Gasteiger partial charge < -0.3 is 14.6 Å². The molecule has 2 saturated carbocycles. The van der Waals surface area contributed by atoms with Crippen molar-refractivity contribution in [2.45, 2.75) is 38.3 Å². The minimum absolute atomic E-state index is 0.0927. The van der Waals surface area contributed by atoms with E-state index in [1.54, 1.807) is 12.4 Å². The number of rotatable bonds is 7. The molecular formula is C20H26N6O2. The van der Waals surface area contributed by atoms with Crippen molar-refractivity contribution in [3.63, 3.8) is 0 Å². The third kappa shape index (κ3) is 4.01. The summed E-state index contributed by atoms with van der Waals surface area (Å²) in [5.74, 6) is 2.63. The number of aromatic nitrogens is 3. The van der Waals surface area contributed by atoms with Crippen LogP contribution in [0.4, 0.5) is 5.95 Å². The summed E-state index contributed by atoms with van der Waals surface area (Å²) in [6, 6.07) is 2.16. The maximum atomic E-state index is 12.6.